The Bertz CT molecular complexity index is 512. The number of benzene rings is 1. The van der Waals surface area contributed by atoms with Crippen LogP contribution in [0.3, 0.4) is 0 Å². The van der Waals surface area contributed by atoms with Crippen molar-refractivity contribution in [2.24, 2.45) is 12.8 Å². The fraction of sp³-hybridized carbons (Fsp3) is 0.273. The third-order valence-corrected chi connectivity index (χ3v) is 2.31. The number of nitrogens with zero attached hydrogens (tertiary/aromatic N) is 3. The van der Waals surface area contributed by atoms with Crippen LogP contribution in [0.1, 0.15) is 11.3 Å². The van der Waals surface area contributed by atoms with Crippen molar-refractivity contribution in [1.29, 1.82) is 0 Å². The minimum atomic E-state index is -0.357. The van der Waals surface area contributed by atoms with Gasteiger partial charge in [-0.3, -0.25) is 4.68 Å². The van der Waals surface area contributed by atoms with Crippen molar-refractivity contribution in [3.05, 3.63) is 41.5 Å². The minimum Gasteiger partial charge on any atom is -0.487 e. The normalized spacial score (nSPS) is 10.5. The second kappa shape index (κ2) is 4.92. The number of hydrogen-bond donors (Lipinski definition) is 1. The number of hydrogen-bond acceptors (Lipinski definition) is 4. The van der Waals surface area contributed by atoms with E-state index in [4.69, 9.17) is 10.5 Å². The van der Waals surface area contributed by atoms with Gasteiger partial charge in [0.05, 0.1) is 6.20 Å². The number of halogens is 1. The first kappa shape index (κ1) is 11.5. The van der Waals surface area contributed by atoms with Crippen LogP contribution >= 0.6 is 0 Å². The van der Waals surface area contributed by atoms with Crippen molar-refractivity contribution < 1.29 is 9.13 Å². The van der Waals surface area contributed by atoms with Gasteiger partial charge >= 0.3 is 0 Å². The lowest BCUT2D eigenvalue weighted by molar-refractivity contribution is 0.296. The van der Waals surface area contributed by atoms with E-state index in [0.29, 0.717) is 17.0 Å². The summed E-state index contributed by atoms with van der Waals surface area (Å²) in [4.78, 5) is 0. The topological polar surface area (TPSA) is 66.0 Å². The van der Waals surface area contributed by atoms with Crippen molar-refractivity contribution >= 4 is 0 Å². The van der Waals surface area contributed by atoms with E-state index in [1.807, 2.05) is 0 Å². The van der Waals surface area contributed by atoms with Gasteiger partial charge in [-0.15, -0.1) is 5.10 Å². The summed E-state index contributed by atoms with van der Waals surface area (Å²) in [5, 5.41) is 7.65. The Morgan fingerprint density at radius 3 is 2.94 bits per heavy atom. The van der Waals surface area contributed by atoms with E-state index in [2.05, 4.69) is 10.3 Å². The lowest BCUT2D eigenvalue weighted by Crippen LogP contribution is -2.05. The number of aromatic nitrogens is 3. The van der Waals surface area contributed by atoms with Crippen LogP contribution in [0.5, 0.6) is 5.75 Å². The van der Waals surface area contributed by atoms with E-state index in [1.165, 1.54) is 6.07 Å². The zero-order chi connectivity index (χ0) is 12.3. The molecule has 0 atom stereocenters. The molecular formula is C11H13FN4O. The van der Waals surface area contributed by atoms with E-state index >= 15 is 0 Å². The van der Waals surface area contributed by atoms with Gasteiger partial charge in [0.2, 0.25) is 0 Å². The highest BCUT2D eigenvalue weighted by atomic mass is 19.1. The first-order valence-electron chi connectivity index (χ1n) is 5.16. The van der Waals surface area contributed by atoms with Gasteiger partial charge in [0.15, 0.2) is 0 Å². The molecule has 0 amide bonds. The summed E-state index contributed by atoms with van der Waals surface area (Å²) in [6.07, 6.45) is 1.74. The van der Waals surface area contributed by atoms with Crippen LogP contribution in [0, 0.1) is 5.82 Å². The van der Waals surface area contributed by atoms with Crippen molar-refractivity contribution in [3.8, 4) is 5.75 Å². The van der Waals surface area contributed by atoms with E-state index in [-0.39, 0.29) is 19.0 Å². The highest BCUT2D eigenvalue weighted by Gasteiger charge is 2.08. The van der Waals surface area contributed by atoms with Crippen LogP contribution < -0.4 is 10.5 Å². The molecule has 0 saturated carbocycles. The smallest absolute Gasteiger partial charge is 0.134 e. The first-order chi connectivity index (χ1) is 8.20. The number of aryl methyl sites for hydroxylation is 1. The molecule has 0 bridgehead atoms. The SMILES string of the molecule is Cn1cc(COc2cccc(F)c2CN)nn1. The van der Waals surface area contributed by atoms with Gasteiger partial charge in [-0.05, 0) is 12.1 Å². The van der Waals surface area contributed by atoms with Gasteiger partial charge in [0.1, 0.15) is 23.9 Å². The molecule has 0 aliphatic heterocycles. The van der Waals surface area contributed by atoms with Crippen molar-refractivity contribution in [2.45, 2.75) is 13.2 Å². The summed E-state index contributed by atoms with van der Waals surface area (Å²) >= 11 is 0. The Hall–Kier alpha value is -1.95. The third-order valence-electron chi connectivity index (χ3n) is 2.31. The van der Waals surface area contributed by atoms with Crippen LogP contribution in [-0.4, -0.2) is 15.0 Å². The number of rotatable bonds is 4. The zero-order valence-electron chi connectivity index (χ0n) is 9.43. The third kappa shape index (κ3) is 2.59. The Morgan fingerprint density at radius 1 is 1.47 bits per heavy atom. The first-order valence-corrected chi connectivity index (χ1v) is 5.16. The monoisotopic (exact) mass is 236 g/mol. The summed E-state index contributed by atoms with van der Waals surface area (Å²) in [5.41, 5.74) is 6.52. The molecule has 0 saturated heterocycles. The van der Waals surface area contributed by atoms with Gasteiger partial charge in [0, 0.05) is 19.2 Å². The molecule has 0 radical (unpaired) electrons. The van der Waals surface area contributed by atoms with Crippen LogP contribution in [-0.2, 0) is 20.2 Å². The Morgan fingerprint density at radius 2 is 2.29 bits per heavy atom. The highest BCUT2D eigenvalue weighted by Crippen LogP contribution is 2.21. The van der Waals surface area contributed by atoms with Gasteiger partial charge in [-0.2, -0.15) is 0 Å². The molecule has 2 N–H and O–H groups in total. The molecule has 1 aromatic carbocycles. The van der Waals surface area contributed by atoms with E-state index in [1.54, 1.807) is 30.1 Å². The van der Waals surface area contributed by atoms with E-state index in [0.717, 1.165) is 0 Å². The highest BCUT2D eigenvalue weighted by molar-refractivity contribution is 5.34. The molecule has 90 valence electrons. The maximum absolute atomic E-state index is 13.4. The maximum Gasteiger partial charge on any atom is 0.134 e. The Balaban J connectivity index is 2.11. The van der Waals surface area contributed by atoms with Crippen molar-refractivity contribution in [1.82, 2.24) is 15.0 Å². The van der Waals surface area contributed by atoms with Gasteiger partial charge in [-0.25, -0.2) is 4.39 Å². The van der Waals surface area contributed by atoms with Gasteiger partial charge in [-0.1, -0.05) is 11.3 Å². The Labute approximate surface area is 98.0 Å². The molecule has 5 nitrogen and oxygen atoms in total. The summed E-state index contributed by atoms with van der Waals surface area (Å²) in [7, 11) is 1.77. The average Bonchev–Trinajstić information content (AvgIpc) is 2.72. The zero-order valence-corrected chi connectivity index (χ0v) is 9.43. The van der Waals surface area contributed by atoms with Crippen LogP contribution in [0.25, 0.3) is 0 Å². The summed E-state index contributed by atoms with van der Waals surface area (Å²) in [6, 6.07) is 4.62. The fourth-order valence-electron chi connectivity index (χ4n) is 1.49. The molecule has 1 heterocycles. The van der Waals surface area contributed by atoms with Crippen LogP contribution in [0.2, 0.25) is 0 Å². The molecule has 6 heteroatoms. The van der Waals surface area contributed by atoms with Crippen LogP contribution in [0.4, 0.5) is 4.39 Å². The second-order valence-corrected chi connectivity index (χ2v) is 3.59. The maximum atomic E-state index is 13.4. The van der Waals surface area contributed by atoms with Crippen molar-refractivity contribution in [2.75, 3.05) is 0 Å². The van der Waals surface area contributed by atoms with Gasteiger partial charge < -0.3 is 10.5 Å². The fourth-order valence-corrected chi connectivity index (χ4v) is 1.49. The Kier molecular flexibility index (Phi) is 3.34. The molecule has 0 fully saturated rings. The summed E-state index contributed by atoms with van der Waals surface area (Å²) in [6.45, 7) is 0.340. The minimum absolute atomic E-state index is 0.0997. The lowest BCUT2D eigenvalue weighted by atomic mass is 10.2. The van der Waals surface area contributed by atoms with Crippen LogP contribution in [0.15, 0.2) is 24.4 Å². The summed E-state index contributed by atoms with van der Waals surface area (Å²) in [5.74, 6) is 0.0855. The molecule has 0 spiro atoms. The molecule has 1 aromatic heterocycles. The van der Waals surface area contributed by atoms with Crippen molar-refractivity contribution in [3.63, 3.8) is 0 Å². The molecule has 2 rings (SSSR count). The van der Waals surface area contributed by atoms with Gasteiger partial charge in [0.25, 0.3) is 0 Å². The van der Waals surface area contributed by atoms with E-state index in [9.17, 15) is 4.39 Å². The van der Waals surface area contributed by atoms with E-state index < -0.39 is 0 Å². The molecule has 17 heavy (non-hydrogen) atoms. The second-order valence-electron chi connectivity index (χ2n) is 3.59. The molecular weight excluding hydrogens is 223 g/mol. The predicted molar refractivity (Wildman–Crippen MR) is 59.6 cm³/mol. The summed E-state index contributed by atoms with van der Waals surface area (Å²) < 4.78 is 20.4. The largest absolute Gasteiger partial charge is 0.487 e. The number of ether oxygens (including phenoxy) is 1. The molecule has 0 aliphatic rings. The molecule has 2 aromatic rings. The standard InChI is InChI=1S/C11H13FN4O/c1-16-6-8(14-15-16)7-17-11-4-2-3-10(12)9(11)5-13/h2-4,6H,5,7,13H2,1H3. The molecule has 0 unspecified atom stereocenters. The number of nitrogens with two attached hydrogens (primary N) is 1. The molecule has 0 aliphatic carbocycles. The lowest BCUT2D eigenvalue weighted by Gasteiger charge is -2.09. The quantitative estimate of drug-likeness (QED) is 0.859. The predicted octanol–water partition coefficient (Wildman–Crippen LogP) is 0.992. The average molecular weight is 236 g/mol.